The Morgan fingerprint density at radius 2 is 1.12 bits per heavy atom. The van der Waals surface area contributed by atoms with E-state index in [1.54, 1.807) is 0 Å². The van der Waals surface area contributed by atoms with Crippen LogP contribution in [0.2, 0.25) is 0 Å². The molecule has 0 amide bonds. The third-order valence-corrected chi connectivity index (χ3v) is 13.6. The number of benzene rings is 7. The number of aryl methyl sites for hydroxylation is 2. The first-order chi connectivity index (χ1) is 29.1. The molecule has 4 atom stereocenters. The van der Waals surface area contributed by atoms with Crippen molar-refractivity contribution in [2.45, 2.75) is 66.3 Å². The average Bonchev–Trinajstić information content (AvgIpc) is 3.58. The van der Waals surface area contributed by atoms with Crippen molar-refractivity contribution >= 4 is 32.8 Å². The first-order valence-electron chi connectivity index (χ1n) is 22.0. The zero-order valence-electron chi connectivity index (χ0n) is 36.1. The smallest absolute Gasteiger partial charge is 0.0580 e. The quantitative estimate of drug-likeness (QED) is 0.152. The van der Waals surface area contributed by atoms with Gasteiger partial charge in [-0.05, 0) is 127 Å². The highest BCUT2D eigenvalue weighted by atomic mass is 15.2. The highest BCUT2D eigenvalue weighted by molar-refractivity contribution is 6.21. The first kappa shape index (κ1) is 38.0. The molecule has 0 N–H and O–H groups in total. The fraction of sp³-hybridized carbons (Fsp3) is 0.220. The van der Waals surface area contributed by atoms with Gasteiger partial charge < -0.3 is 4.90 Å². The van der Waals surface area contributed by atoms with E-state index >= 15 is 0 Å². The number of rotatable bonds is 6. The lowest BCUT2D eigenvalue weighted by atomic mass is 9.78. The zero-order chi connectivity index (χ0) is 41.3. The molecule has 0 aromatic heterocycles. The minimum atomic E-state index is 0.136. The molecule has 0 spiro atoms. The fourth-order valence-electron chi connectivity index (χ4n) is 10.4. The van der Waals surface area contributed by atoms with Crippen molar-refractivity contribution in [3.8, 4) is 33.4 Å². The summed E-state index contributed by atoms with van der Waals surface area (Å²) in [5.74, 6) is 1.08. The molecule has 296 valence electrons. The predicted molar refractivity (Wildman–Crippen MR) is 259 cm³/mol. The second-order valence-corrected chi connectivity index (χ2v) is 18.6. The molecule has 7 aromatic rings. The van der Waals surface area contributed by atoms with E-state index in [4.69, 9.17) is 0 Å². The molecule has 3 aliphatic rings. The molecule has 7 aromatic carbocycles. The van der Waals surface area contributed by atoms with E-state index in [9.17, 15) is 0 Å². The molecule has 1 nitrogen and oxygen atoms in total. The van der Waals surface area contributed by atoms with Crippen LogP contribution >= 0.6 is 0 Å². The highest BCUT2D eigenvalue weighted by Gasteiger charge is 2.38. The molecule has 2 aliphatic carbocycles. The molecular formula is C59H55N. The maximum Gasteiger partial charge on any atom is 0.0580 e. The molecule has 0 fully saturated rings. The Bertz CT molecular complexity index is 2910. The van der Waals surface area contributed by atoms with Gasteiger partial charge in [-0.1, -0.05) is 197 Å². The predicted octanol–water partition coefficient (Wildman–Crippen LogP) is 15.8. The van der Waals surface area contributed by atoms with Gasteiger partial charge >= 0.3 is 0 Å². The Hall–Kier alpha value is -6.18. The lowest BCUT2D eigenvalue weighted by Crippen LogP contribution is -2.33. The van der Waals surface area contributed by atoms with Crippen LogP contribution < -0.4 is 4.90 Å². The molecule has 0 saturated carbocycles. The number of likely N-dealkylation sites (N-methyl/N-ethyl adjacent to an activating group) is 1. The number of hydrogen-bond donors (Lipinski definition) is 0. The number of hydrogen-bond acceptors (Lipinski definition) is 1. The molecule has 1 aliphatic heterocycles. The van der Waals surface area contributed by atoms with Crippen molar-refractivity contribution in [1.29, 1.82) is 0 Å². The van der Waals surface area contributed by atoms with E-state index in [1.807, 2.05) is 0 Å². The third-order valence-electron chi connectivity index (χ3n) is 13.6. The summed E-state index contributed by atoms with van der Waals surface area (Å²) in [4.78, 5) is 2.58. The Morgan fingerprint density at radius 3 is 1.72 bits per heavy atom. The summed E-state index contributed by atoms with van der Waals surface area (Å²) >= 11 is 0. The Kier molecular flexibility index (Phi) is 9.40. The van der Waals surface area contributed by atoms with Crippen molar-refractivity contribution in [3.05, 3.63) is 203 Å². The van der Waals surface area contributed by atoms with E-state index in [1.165, 1.54) is 99.6 Å². The molecule has 1 heterocycles. The van der Waals surface area contributed by atoms with Gasteiger partial charge in [0.2, 0.25) is 0 Å². The van der Waals surface area contributed by atoms with Crippen LogP contribution in [0, 0.1) is 25.2 Å². The Labute approximate surface area is 357 Å². The van der Waals surface area contributed by atoms with Crippen molar-refractivity contribution in [3.63, 3.8) is 0 Å². The number of anilines is 1. The zero-order valence-corrected chi connectivity index (χ0v) is 36.1. The SMILES string of the molecule is CCN1c2ccc(C3=CC(C)C(c4ccc(-c5c6ccc(C)cc6c(-c6ccc(-c7ccccc7)cc6)c6ccc(C)cc56)cc4)C=C3)cc2C2C=C(C(C)(C)C)C=CC21. The van der Waals surface area contributed by atoms with Gasteiger partial charge in [-0.3, -0.25) is 0 Å². The van der Waals surface area contributed by atoms with Crippen molar-refractivity contribution in [2.24, 2.45) is 11.3 Å². The largest absolute Gasteiger partial charge is 0.364 e. The summed E-state index contributed by atoms with van der Waals surface area (Å²) in [6.45, 7) is 17.1. The summed E-state index contributed by atoms with van der Waals surface area (Å²) in [7, 11) is 0. The standard InChI is InChI=1S/C59H55N/c1-8-60-55-30-25-46(35-51(55)52-36-47(59(5,6)7)26-31-56(52)60)45-24-29-48(39(4)34-45)42-18-22-44(23-19-42)58-50-28-15-37(2)32-53(50)57(49-27-14-38(3)33-54(49)58)43-20-16-41(17-21-43)40-12-10-9-11-13-40/h9-36,39,48,52,56H,8H2,1-7H3. The van der Waals surface area contributed by atoms with Crippen molar-refractivity contribution in [1.82, 2.24) is 0 Å². The third kappa shape index (κ3) is 6.56. The van der Waals surface area contributed by atoms with Crippen LogP contribution in [0.1, 0.15) is 74.3 Å². The molecule has 0 radical (unpaired) electrons. The molecule has 0 saturated heterocycles. The lowest BCUT2D eigenvalue weighted by molar-refractivity contribution is 0.505. The second kappa shape index (κ2) is 14.8. The van der Waals surface area contributed by atoms with Crippen LogP contribution in [0.4, 0.5) is 5.69 Å². The van der Waals surface area contributed by atoms with Gasteiger partial charge in [-0.15, -0.1) is 0 Å². The van der Waals surface area contributed by atoms with Crippen molar-refractivity contribution < 1.29 is 0 Å². The van der Waals surface area contributed by atoms with Gasteiger partial charge in [0.05, 0.1) is 6.04 Å². The fourth-order valence-corrected chi connectivity index (χ4v) is 10.4. The van der Waals surface area contributed by atoms with E-state index in [-0.39, 0.29) is 5.41 Å². The molecule has 0 bridgehead atoms. The van der Waals surface area contributed by atoms with Crippen LogP contribution in [-0.4, -0.2) is 12.6 Å². The van der Waals surface area contributed by atoms with E-state index in [0.717, 1.165) is 6.54 Å². The molecule has 10 rings (SSSR count). The Morgan fingerprint density at radius 1 is 0.533 bits per heavy atom. The topological polar surface area (TPSA) is 3.24 Å². The number of nitrogens with zero attached hydrogens (tertiary/aromatic N) is 1. The maximum absolute atomic E-state index is 2.58. The summed E-state index contributed by atoms with van der Waals surface area (Å²) in [5.41, 5.74) is 18.6. The van der Waals surface area contributed by atoms with E-state index in [2.05, 4.69) is 223 Å². The van der Waals surface area contributed by atoms with Gasteiger partial charge in [0.15, 0.2) is 0 Å². The number of allylic oxidation sites excluding steroid dienone is 6. The van der Waals surface area contributed by atoms with Crippen LogP contribution in [-0.2, 0) is 0 Å². The van der Waals surface area contributed by atoms with Gasteiger partial charge in [-0.25, -0.2) is 0 Å². The minimum Gasteiger partial charge on any atom is -0.364 e. The van der Waals surface area contributed by atoms with Gasteiger partial charge in [0.1, 0.15) is 0 Å². The van der Waals surface area contributed by atoms with Crippen molar-refractivity contribution in [2.75, 3.05) is 11.4 Å². The van der Waals surface area contributed by atoms with Gasteiger partial charge in [0, 0.05) is 24.1 Å². The maximum atomic E-state index is 2.58. The van der Waals surface area contributed by atoms with Gasteiger partial charge in [-0.2, -0.15) is 0 Å². The lowest BCUT2D eigenvalue weighted by Gasteiger charge is -2.31. The van der Waals surface area contributed by atoms with Gasteiger partial charge in [0.25, 0.3) is 0 Å². The average molecular weight is 778 g/mol. The van der Waals surface area contributed by atoms with Crippen LogP contribution in [0.5, 0.6) is 0 Å². The Balaban J connectivity index is 0.978. The van der Waals surface area contributed by atoms with Crippen LogP contribution in [0.15, 0.2) is 175 Å². The minimum absolute atomic E-state index is 0.136. The van der Waals surface area contributed by atoms with Crippen LogP contribution in [0.3, 0.4) is 0 Å². The first-order valence-corrected chi connectivity index (χ1v) is 22.0. The number of fused-ring (bicyclic) bond motifs is 5. The molecular weight excluding hydrogens is 723 g/mol. The normalized spacial score (nSPS) is 19.7. The summed E-state index contributed by atoms with van der Waals surface area (Å²) in [5, 5.41) is 5.19. The molecule has 1 heteroatoms. The summed E-state index contributed by atoms with van der Waals surface area (Å²) < 4.78 is 0. The summed E-state index contributed by atoms with van der Waals surface area (Å²) in [6, 6.07) is 50.9. The van der Waals surface area contributed by atoms with E-state index < -0.39 is 0 Å². The molecule has 60 heavy (non-hydrogen) atoms. The molecule has 4 unspecified atom stereocenters. The van der Waals surface area contributed by atoms with E-state index in [0.29, 0.717) is 23.8 Å². The second-order valence-electron chi connectivity index (χ2n) is 18.6. The van der Waals surface area contributed by atoms with Crippen LogP contribution in [0.25, 0.3) is 60.5 Å². The highest BCUT2D eigenvalue weighted by Crippen LogP contribution is 2.49. The monoisotopic (exact) mass is 777 g/mol. The summed E-state index contributed by atoms with van der Waals surface area (Å²) in [6.07, 6.45) is 14.7.